The van der Waals surface area contributed by atoms with Gasteiger partial charge in [0, 0.05) is 43.4 Å². The molecule has 0 bridgehead atoms. The van der Waals surface area contributed by atoms with E-state index in [0.717, 1.165) is 60.6 Å². The summed E-state index contributed by atoms with van der Waals surface area (Å²) in [6.07, 6.45) is 0. The Hall–Kier alpha value is -9.26. The zero-order chi connectivity index (χ0) is 44.7. The van der Waals surface area contributed by atoms with Crippen molar-refractivity contribution in [3.05, 3.63) is 224 Å². The molecule has 0 aliphatic heterocycles. The molecular formula is C62H37N5O. The van der Waals surface area contributed by atoms with E-state index in [-0.39, 0.29) is 0 Å². The van der Waals surface area contributed by atoms with Crippen LogP contribution >= 0.6 is 0 Å². The summed E-state index contributed by atoms with van der Waals surface area (Å²) in [7, 11) is 0. The van der Waals surface area contributed by atoms with Crippen LogP contribution in [0.3, 0.4) is 0 Å². The molecular weight excluding hydrogens is 831 g/mol. The van der Waals surface area contributed by atoms with Gasteiger partial charge in [-0.2, -0.15) is 0 Å². The molecule has 0 saturated heterocycles. The first-order valence-corrected chi connectivity index (χ1v) is 22.9. The molecule has 6 heteroatoms. The van der Waals surface area contributed by atoms with Crippen molar-refractivity contribution in [3.8, 4) is 62.2 Å². The number of fused-ring (bicyclic) bond motifs is 10. The molecule has 0 saturated carbocycles. The lowest BCUT2D eigenvalue weighted by atomic mass is 9.95. The van der Waals surface area contributed by atoms with Crippen molar-refractivity contribution in [3.63, 3.8) is 0 Å². The zero-order valence-corrected chi connectivity index (χ0v) is 36.5. The van der Waals surface area contributed by atoms with Crippen molar-refractivity contribution >= 4 is 76.2 Å². The van der Waals surface area contributed by atoms with Gasteiger partial charge in [-0.3, -0.25) is 0 Å². The van der Waals surface area contributed by atoms with Crippen LogP contribution in [0.4, 0.5) is 0 Å². The van der Waals surface area contributed by atoms with Gasteiger partial charge in [0.25, 0.3) is 0 Å². The molecule has 0 spiro atoms. The average molecular weight is 868 g/mol. The summed E-state index contributed by atoms with van der Waals surface area (Å²) in [4.78, 5) is 20.7. The van der Waals surface area contributed by atoms with Gasteiger partial charge in [-0.1, -0.05) is 176 Å². The SMILES string of the molecule is c1ccc(-c2cc3c4ccccc4n(-c4ccc(-c5nc(-c6ccc(-c7ccc8ccccc8c7)cc6)nc(-c6ccc7c(n6)oc6ccccc67)n5)c5ccccc45)c3c3ccccc23)cc1. The third-order valence-electron chi connectivity index (χ3n) is 13.5. The second-order valence-electron chi connectivity index (χ2n) is 17.4. The van der Waals surface area contributed by atoms with Crippen LogP contribution in [0.1, 0.15) is 0 Å². The normalized spacial score (nSPS) is 11.8. The maximum absolute atomic E-state index is 6.26. The topological polar surface area (TPSA) is 69.6 Å². The van der Waals surface area contributed by atoms with Crippen LogP contribution in [0.2, 0.25) is 0 Å². The first kappa shape index (κ1) is 38.1. The van der Waals surface area contributed by atoms with Gasteiger partial charge in [0.1, 0.15) is 11.3 Å². The Morgan fingerprint density at radius 3 is 1.79 bits per heavy atom. The summed E-state index contributed by atoms with van der Waals surface area (Å²) in [5, 5.41) is 11.3. The van der Waals surface area contributed by atoms with Crippen molar-refractivity contribution in [2.45, 2.75) is 0 Å². The Morgan fingerprint density at radius 2 is 0.956 bits per heavy atom. The zero-order valence-electron chi connectivity index (χ0n) is 36.5. The summed E-state index contributed by atoms with van der Waals surface area (Å²) >= 11 is 0. The summed E-state index contributed by atoms with van der Waals surface area (Å²) < 4.78 is 8.71. The van der Waals surface area contributed by atoms with Crippen molar-refractivity contribution in [2.24, 2.45) is 0 Å². The second kappa shape index (κ2) is 15.2. The van der Waals surface area contributed by atoms with Gasteiger partial charge in [0.05, 0.1) is 16.7 Å². The van der Waals surface area contributed by atoms with E-state index in [4.69, 9.17) is 24.4 Å². The molecule has 0 aliphatic rings. The van der Waals surface area contributed by atoms with E-state index in [9.17, 15) is 0 Å². The molecule has 316 valence electrons. The number of rotatable bonds is 6. The second-order valence-corrected chi connectivity index (χ2v) is 17.4. The predicted molar refractivity (Wildman–Crippen MR) is 279 cm³/mol. The molecule has 14 aromatic rings. The van der Waals surface area contributed by atoms with E-state index >= 15 is 0 Å². The number of pyridine rings is 1. The first-order valence-electron chi connectivity index (χ1n) is 22.9. The van der Waals surface area contributed by atoms with Crippen molar-refractivity contribution in [1.29, 1.82) is 0 Å². The Balaban J connectivity index is 0.966. The van der Waals surface area contributed by atoms with E-state index in [1.54, 1.807) is 0 Å². The largest absolute Gasteiger partial charge is 0.438 e. The molecule has 14 rings (SSSR count). The third kappa shape index (κ3) is 6.05. The van der Waals surface area contributed by atoms with Crippen LogP contribution in [0.25, 0.3) is 138 Å². The van der Waals surface area contributed by atoms with Crippen LogP contribution in [0.15, 0.2) is 229 Å². The molecule has 0 aliphatic carbocycles. The lowest BCUT2D eigenvalue weighted by molar-refractivity contribution is 0.654. The number of hydrogen-bond acceptors (Lipinski definition) is 5. The smallest absolute Gasteiger partial charge is 0.227 e. The first-order chi connectivity index (χ1) is 33.7. The summed E-state index contributed by atoms with van der Waals surface area (Å²) in [6.45, 7) is 0. The number of hydrogen-bond donors (Lipinski definition) is 0. The quantitative estimate of drug-likeness (QED) is 0.166. The van der Waals surface area contributed by atoms with Crippen molar-refractivity contribution in [2.75, 3.05) is 0 Å². The van der Waals surface area contributed by atoms with Gasteiger partial charge in [0.2, 0.25) is 5.71 Å². The maximum atomic E-state index is 6.26. The molecule has 0 atom stereocenters. The number of nitrogens with zero attached hydrogens (tertiary/aromatic N) is 5. The summed E-state index contributed by atoms with van der Waals surface area (Å²) in [5.74, 6) is 1.57. The molecule has 0 amide bonds. The van der Waals surface area contributed by atoms with E-state index in [0.29, 0.717) is 28.9 Å². The van der Waals surface area contributed by atoms with Gasteiger partial charge in [-0.15, -0.1) is 0 Å². The monoisotopic (exact) mass is 867 g/mol. The fourth-order valence-electron chi connectivity index (χ4n) is 10.3. The van der Waals surface area contributed by atoms with Gasteiger partial charge in [-0.05, 0) is 92.3 Å². The van der Waals surface area contributed by atoms with E-state index in [1.165, 1.54) is 49.0 Å². The van der Waals surface area contributed by atoms with Gasteiger partial charge in [0.15, 0.2) is 17.5 Å². The van der Waals surface area contributed by atoms with E-state index < -0.39 is 0 Å². The molecule has 6 nitrogen and oxygen atoms in total. The number of para-hydroxylation sites is 2. The predicted octanol–water partition coefficient (Wildman–Crippen LogP) is 16.1. The molecule has 4 aromatic heterocycles. The van der Waals surface area contributed by atoms with Crippen molar-refractivity contribution < 1.29 is 4.42 Å². The number of furan rings is 1. The summed E-state index contributed by atoms with van der Waals surface area (Å²) in [5.41, 5.74) is 11.7. The van der Waals surface area contributed by atoms with E-state index in [1.807, 2.05) is 30.3 Å². The highest BCUT2D eigenvalue weighted by Gasteiger charge is 2.22. The Labute approximate surface area is 390 Å². The van der Waals surface area contributed by atoms with E-state index in [2.05, 4.69) is 199 Å². The minimum absolute atomic E-state index is 0.460. The minimum Gasteiger partial charge on any atom is -0.438 e. The fraction of sp³-hybridized carbons (Fsp3) is 0. The number of aromatic nitrogens is 5. The molecule has 0 unspecified atom stereocenters. The average Bonchev–Trinajstić information content (AvgIpc) is 3.96. The Bertz CT molecular complexity index is 4320. The van der Waals surface area contributed by atoms with Crippen LogP contribution < -0.4 is 0 Å². The van der Waals surface area contributed by atoms with Gasteiger partial charge >= 0.3 is 0 Å². The Kier molecular flexibility index (Phi) is 8.48. The number of benzene rings is 10. The highest BCUT2D eigenvalue weighted by Crippen LogP contribution is 2.43. The van der Waals surface area contributed by atoms with Crippen LogP contribution in [0, 0.1) is 0 Å². The minimum atomic E-state index is 0.460. The lowest BCUT2D eigenvalue weighted by Gasteiger charge is -2.16. The molecule has 4 heterocycles. The van der Waals surface area contributed by atoms with Crippen LogP contribution in [-0.4, -0.2) is 24.5 Å². The van der Waals surface area contributed by atoms with Gasteiger partial charge < -0.3 is 8.98 Å². The fourth-order valence-corrected chi connectivity index (χ4v) is 10.3. The van der Waals surface area contributed by atoms with Crippen LogP contribution in [0.5, 0.6) is 0 Å². The lowest BCUT2D eigenvalue weighted by Crippen LogP contribution is -2.02. The third-order valence-corrected chi connectivity index (χ3v) is 13.5. The highest BCUT2D eigenvalue weighted by atomic mass is 16.3. The van der Waals surface area contributed by atoms with Gasteiger partial charge in [-0.25, -0.2) is 19.9 Å². The summed E-state index contributed by atoms with van der Waals surface area (Å²) in [6, 6.07) is 79.2. The molecule has 0 N–H and O–H groups in total. The standard InChI is InChI=1S/C62H37N5O/c1-2-15-40(16-3-1)52-37-53-47-21-10-12-24-55(47)67(58(53)49-23-9-7-19-45(49)52)56-35-33-50(44-18-6-8-20-46(44)56)60-64-59(41-29-26-39(27-30-41)43-31-28-38-14-4-5-17-42(38)36-43)65-61(66-60)54-34-32-51-48-22-11-13-25-57(48)68-62(51)63-54/h1-37H. The maximum Gasteiger partial charge on any atom is 0.227 e. The van der Waals surface area contributed by atoms with Crippen LogP contribution in [-0.2, 0) is 0 Å². The molecule has 10 aromatic carbocycles. The molecule has 0 fully saturated rings. The molecule has 68 heavy (non-hydrogen) atoms. The highest BCUT2D eigenvalue weighted by molar-refractivity contribution is 6.23. The molecule has 0 radical (unpaired) electrons. The van der Waals surface area contributed by atoms with Crippen molar-refractivity contribution in [1.82, 2.24) is 24.5 Å². The Morgan fingerprint density at radius 1 is 0.324 bits per heavy atom.